The monoisotopic (exact) mass is 434 g/mol. The Balaban J connectivity index is 1.74. The van der Waals surface area contributed by atoms with Crippen LogP contribution in [0, 0.1) is 6.92 Å². The van der Waals surface area contributed by atoms with Crippen LogP contribution in [0.3, 0.4) is 0 Å². The van der Waals surface area contributed by atoms with Crippen molar-refractivity contribution >= 4 is 17.3 Å². The zero-order valence-electron chi connectivity index (χ0n) is 15.3. The zero-order chi connectivity index (χ0) is 21.5. The predicted octanol–water partition coefficient (Wildman–Crippen LogP) is 2.58. The highest BCUT2D eigenvalue weighted by Crippen LogP contribution is 2.30. The van der Waals surface area contributed by atoms with Crippen molar-refractivity contribution in [1.82, 2.24) is 29.4 Å². The van der Waals surface area contributed by atoms with E-state index >= 15 is 0 Å². The molecule has 0 radical (unpaired) electrons. The molecular formula is C18H13F3N6O2S. The van der Waals surface area contributed by atoms with Crippen LogP contribution in [0.4, 0.5) is 13.2 Å². The van der Waals surface area contributed by atoms with E-state index in [4.69, 9.17) is 0 Å². The molecule has 0 saturated heterocycles. The molecule has 4 aromatic rings. The van der Waals surface area contributed by atoms with Gasteiger partial charge in [-0.1, -0.05) is 23.9 Å². The standard InChI is InChI=1S/C18H13F3N6O2S/c1-10-6-24-27-15(10)16(29)26(13-7-23-14(28)8-22-13)17(25-27)30-9-11-2-4-12(5-3-11)18(19,20)21/h2-8H,9H2,1H3,(H,23,28). The van der Waals surface area contributed by atoms with Crippen molar-refractivity contribution in [1.29, 1.82) is 0 Å². The molecule has 0 spiro atoms. The van der Waals surface area contributed by atoms with Crippen molar-refractivity contribution < 1.29 is 13.2 Å². The molecule has 0 aliphatic carbocycles. The van der Waals surface area contributed by atoms with E-state index in [1.54, 1.807) is 6.92 Å². The van der Waals surface area contributed by atoms with Gasteiger partial charge in [-0.3, -0.25) is 9.59 Å². The van der Waals surface area contributed by atoms with Gasteiger partial charge >= 0.3 is 6.18 Å². The lowest BCUT2D eigenvalue weighted by Gasteiger charge is -2.11. The van der Waals surface area contributed by atoms with Crippen LogP contribution in [0.25, 0.3) is 11.3 Å². The van der Waals surface area contributed by atoms with Gasteiger partial charge in [-0.25, -0.2) is 9.55 Å². The summed E-state index contributed by atoms with van der Waals surface area (Å²) in [5.74, 6) is 0.407. The van der Waals surface area contributed by atoms with E-state index in [0.717, 1.165) is 30.1 Å². The largest absolute Gasteiger partial charge is 0.416 e. The summed E-state index contributed by atoms with van der Waals surface area (Å²) >= 11 is 1.13. The number of hydrogen-bond donors (Lipinski definition) is 1. The van der Waals surface area contributed by atoms with Crippen LogP contribution in [-0.2, 0) is 11.9 Å². The summed E-state index contributed by atoms with van der Waals surface area (Å²) < 4.78 is 40.7. The Kier molecular flexibility index (Phi) is 4.94. The van der Waals surface area contributed by atoms with E-state index in [0.29, 0.717) is 11.1 Å². The van der Waals surface area contributed by atoms with Gasteiger partial charge in [0, 0.05) is 17.5 Å². The third-order valence-corrected chi connectivity index (χ3v) is 5.25. The first-order chi connectivity index (χ1) is 14.2. The Labute approximate surface area is 170 Å². The zero-order valence-corrected chi connectivity index (χ0v) is 16.2. The number of fused-ring (bicyclic) bond motifs is 1. The minimum atomic E-state index is -4.41. The maximum atomic E-state index is 13.1. The number of rotatable bonds is 4. The fraction of sp³-hybridized carbons (Fsp3) is 0.167. The lowest BCUT2D eigenvalue weighted by atomic mass is 10.1. The van der Waals surface area contributed by atoms with Crippen LogP contribution < -0.4 is 11.1 Å². The number of aromatic nitrogens is 6. The Morgan fingerprint density at radius 2 is 1.87 bits per heavy atom. The van der Waals surface area contributed by atoms with Crippen LogP contribution in [0.15, 0.2) is 57.6 Å². The van der Waals surface area contributed by atoms with Gasteiger partial charge < -0.3 is 4.98 Å². The molecule has 0 fully saturated rings. The molecule has 4 rings (SSSR count). The van der Waals surface area contributed by atoms with Crippen LogP contribution in [0.1, 0.15) is 16.7 Å². The number of halogens is 3. The molecule has 1 aromatic carbocycles. The van der Waals surface area contributed by atoms with Gasteiger partial charge in [0.05, 0.1) is 18.0 Å². The molecule has 3 heterocycles. The van der Waals surface area contributed by atoms with E-state index < -0.39 is 22.9 Å². The van der Waals surface area contributed by atoms with Crippen molar-refractivity contribution in [3.05, 3.63) is 80.3 Å². The topological polar surface area (TPSA) is 97.9 Å². The first-order valence-electron chi connectivity index (χ1n) is 8.56. The maximum absolute atomic E-state index is 13.1. The quantitative estimate of drug-likeness (QED) is 0.496. The summed E-state index contributed by atoms with van der Waals surface area (Å²) in [5.41, 5.74) is -0.126. The van der Waals surface area contributed by atoms with Crippen LogP contribution in [-0.4, -0.2) is 29.4 Å². The average molecular weight is 434 g/mol. The molecule has 0 bridgehead atoms. The Morgan fingerprint density at radius 3 is 2.50 bits per heavy atom. The smallest absolute Gasteiger partial charge is 0.324 e. The molecule has 0 saturated carbocycles. The molecule has 0 amide bonds. The predicted molar refractivity (Wildman–Crippen MR) is 103 cm³/mol. The van der Waals surface area contributed by atoms with E-state index in [2.05, 4.69) is 20.2 Å². The second-order valence-corrected chi connectivity index (χ2v) is 7.28. The molecule has 3 aromatic heterocycles. The number of alkyl halides is 3. The molecular weight excluding hydrogens is 421 g/mol. The van der Waals surface area contributed by atoms with Crippen molar-refractivity contribution in [2.45, 2.75) is 24.0 Å². The number of aromatic amines is 1. The third-order valence-electron chi connectivity index (χ3n) is 4.25. The number of nitrogens with one attached hydrogen (secondary N) is 1. The molecule has 8 nitrogen and oxygen atoms in total. The lowest BCUT2D eigenvalue weighted by Crippen LogP contribution is -2.26. The summed E-state index contributed by atoms with van der Waals surface area (Å²) in [7, 11) is 0. The number of H-pyrrole nitrogens is 1. The number of thioether (sulfide) groups is 1. The molecule has 1 N–H and O–H groups in total. The van der Waals surface area contributed by atoms with Gasteiger partial charge in [0.1, 0.15) is 0 Å². The second-order valence-electron chi connectivity index (χ2n) is 6.34. The third kappa shape index (κ3) is 3.73. The summed E-state index contributed by atoms with van der Waals surface area (Å²) in [5, 5.41) is 8.62. The molecule has 12 heteroatoms. The maximum Gasteiger partial charge on any atom is 0.416 e. The number of hydrogen-bond acceptors (Lipinski definition) is 6. The van der Waals surface area contributed by atoms with Gasteiger partial charge in [-0.15, -0.1) is 9.73 Å². The molecule has 0 aliphatic rings. The van der Waals surface area contributed by atoms with Crippen molar-refractivity contribution in [3.63, 3.8) is 0 Å². The van der Waals surface area contributed by atoms with Gasteiger partial charge in [0.25, 0.3) is 11.1 Å². The van der Waals surface area contributed by atoms with Crippen LogP contribution >= 0.6 is 11.8 Å². The highest BCUT2D eigenvalue weighted by atomic mass is 32.2. The highest BCUT2D eigenvalue weighted by molar-refractivity contribution is 7.98. The fourth-order valence-electron chi connectivity index (χ4n) is 2.76. The van der Waals surface area contributed by atoms with E-state index in [9.17, 15) is 22.8 Å². The minimum absolute atomic E-state index is 0.158. The lowest BCUT2D eigenvalue weighted by molar-refractivity contribution is -0.137. The molecule has 30 heavy (non-hydrogen) atoms. The minimum Gasteiger partial charge on any atom is -0.324 e. The first-order valence-corrected chi connectivity index (χ1v) is 9.54. The first kappa shape index (κ1) is 19.9. The van der Waals surface area contributed by atoms with E-state index in [1.165, 1.54) is 33.7 Å². The fourth-order valence-corrected chi connectivity index (χ4v) is 3.69. The SMILES string of the molecule is Cc1cnn2nc(SCc3ccc(C(F)(F)F)cc3)n(-c3c[nH]c(=O)cn3)c(=O)c12. The molecule has 0 aliphatic heterocycles. The van der Waals surface area contributed by atoms with Crippen molar-refractivity contribution in [2.75, 3.05) is 0 Å². The van der Waals surface area contributed by atoms with E-state index in [-0.39, 0.29) is 22.2 Å². The summed E-state index contributed by atoms with van der Waals surface area (Å²) in [6.07, 6.45) is -0.583. The van der Waals surface area contributed by atoms with Gasteiger partial charge in [-0.2, -0.15) is 18.3 Å². The summed E-state index contributed by atoms with van der Waals surface area (Å²) in [4.78, 5) is 30.9. The average Bonchev–Trinajstić information content (AvgIpc) is 3.08. The number of nitrogens with zero attached hydrogens (tertiary/aromatic N) is 5. The summed E-state index contributed by atoms with van der Waals surface area (Å²) in [6, 6.07) is 4.74. The molecule has 0 atom stereocenters. The van der Waals surface area contributed by atoms with Gasteiger partial charge in [-0.05, 0) is 24.6 Å². The Hall–Kier alpha value is -3.41. The summed E-state index contributed by atoms with van der Waals surface area (Å²) in [6.45, 7) is 1.71. The molecule has 154 valence electrons. The number of benzene rings is 1. The van der Waals surface area contributed by atoms with Crippen molar-refractivity contribution in [2.24, 2.45) is 0 Å². The number of aryl methyl sites for hydroxylation is 1. The van der Waals surface area contributed by atoms with Crippen molar-refractivity contribution in [3.8, 4) is 5.82 Å². The highest BCUT2D eigenvalue weighted by Gasteiger charge is 2.30. The Bertz CT molecular complexity index is 1320. The molecule has 0 unspecified atom stereocenters. The van der Waals surface area contributed by atoms with E-state index in [1.807, 2.05) is 0 Å². The Morgan fingerprint density at radius 1 is 1.13 bits per heavy atom. The normalized spacial score (nSPS) is 11.9. The van der Waals surface area contributed by atoms with Crippen LogP contribution in [0.5, 0.6) is 0 Å². The van der Waals surface area contributed by atoms with Crippen LogP contribution in [0.2, 0.25) is 0 Å². The second kappa shape index (κ2) is 7.44. The van der Waals surface area contributed by atoms with Gasteiger partial charge in [0.15, 0.2) is 16.5 Å². The van der Waals surface area contributed by atoms with Gasteiger partial charge in [0.2, 0.25) is 0 Å².